The first-order valence-electron chi connectivity index (χ1n) is 5.99. The maximum atomic E-state index is 11.7. The van der Waals surface area contributed by atoms with Gasteiger partial charge in [0.2, 0.25) is 0 Å². The van der Waals surface area contributed by atoms with Crippen LogP contribution >= 0.6 is 12.2 Å². The van der Waals surface area contributed by atoms with Gasteiger partial charge in [-0.3, -0.25) is 9.59 Å². The van der Waals surface area contributed by atoms with Crippen LogP contribution in [0.4, 0.5) is 5.69 Å². The molecule has 6 nitrogen and oxygen atoms in total. The van der Waals surface area contributed by atoms with Crippen molar-refractivity contribution in [1.82, 2.24) is 5.32 Å². The predicted molar refractivity (Wildman–Crippen MR) is 80.4 cm³/mol. The average molecular weight is 295 g/mol. The topological polar surface area (TPSA) is 93.4 Å². The Hall–Kier alpha value is -1.99. The van der Waals surface area contributed by atoms with Crippen molar-refractivity contribution in [3.8, 4) is 0 Å². The van der Waals surface area contributed by atoms with Crippen LogP contribution in [0, 0.1) is 0 Å². The van der Waals surface area contributed by atoms with Crippen LogP contribution in [0.25, 0.3) is 0 Å². The van der Waals surface area contributed by atoms with Gasteiger partial charge in [0.25, 0.3) is 0 Å². The fourth-order valence-corrected chi connectivity index (χ4v) is 1.57. The van der Waals surface area contributed by atoms with Crippen LogP contribution in [0.1, 0.15) is 5.56 Å². The third kappa shape index (κ3) is 5.33. The average Bonchev–Trinajstić information content (AvgIpc) is 2.43. The summed E-state index contributed by atoms with van der Waals surface area (Å²) in [5, 5.41) is 4.88. The minimum absolute atomic E-state index is 0.00704. The maximum Gasteiger partial charge on any atom is 0.313 e. The van der Waals surface area contributed by atoms with E-state index in [1.807, 2.05) is 12.1 Å². The molecule has 0 aliphatic rings. The van der Waals surface area contributed by atoms with Gasteiger partial charge in [0, 0.05) is 12.8 Å². The van der Waals surface area contributed by atoms with E-state index in [0.717, 1.165) is 5.56 Å². The fourth-order valence-electron chi connectivity index (χ4n) is 1.50. The molecule has 0 spiro atoms. The van der Waals surface area contributed by atoms with Gasteiger partial charge in [0.1, 0.15) is 0 Å². The monoisotopic (exact) mass is 295 g/mol. The summed E-state index contributed by atoms with van der Waals surface area (Å²) in [6.07, 6.45) is 0.640. The minimum Gasteiger partial charge on any atom is -0.392 e. The molecule has 2 amide bonds. The van der Waals surface area contributed by atoms with Crippen molar-refractivity contribution in [2.75, 3.05) is 25.6 Å². The molecule has 1 aromatic carbocycles. The number of anilines is 1. The summed E-state index contributed by atoms with van der Waals surface area (Å²) < 4.78 is 5.00. The summed E-state index contributed by atoms with van der Waals surface area (Å²) in [5.41, 5.74) is 6.72. The van der Waals surface area contributed by atoms with Gasteiger partial charge in [0.05, 0.1) is 18.1 Å². The van der Waals surface area contributed by atoms with Gasteiger partial charge in [-0.1, -0.05) is 30.4 Å². The summed E-state index contributed by atoms with van der Waals surface area (Å²) >= 11 is 4.62. The first kappa shape index (κ1) is 16.1. The zero-order valence-electron chi connectivity index (χ0n) is 11.1. The molecule has 0 saturated carbocycles. The number of nitrogens with two attached hydrogens (primary N) is 1. The SMILES string of the molecule is COCCc1ccccc1NC(=O)C(=O)NCC(N)=S. The number of amides is 2. The molecule has 0 aliphatic heterocycles. The molecule has 20 heavy (non-hydrogen) atoms. The second-order valence-corrected chi connectivity index (χ2v) is 4.53. The Morgan fingerprint density at radius 2 is 2.00 bits per heavy atom. The zero-order chi connectivity index (χ0) is 15.0. The van der Waals surface area contributed by atoms with E-state index < -0.39 is 11.8 Å². The number of thiocarbonyl (C=S) groups is 1. The summed E-state index contributed by atoms with van der Waals surface area (Å²) in [7, 11) is 1.60. The lowest BCUT2D eigenvalue weighted by Gasteiger charge is -2.10. The van der Waals surface area contributed by atoms with Crippen molar-refractivity contribution < 1.29 is 14.3 Å². The quantitative estimate of drug-likeness (QED) is 0.515. The highest BCUT2D eigenvalue weighted by Crippen LogP contribution is 2.15. The van der Waals surface area contributed by atoms with Crippen LogP contribution in [-0.2, 0) is 20.7 Å². The Balaban J connectivity index is 2.65. The molecule has 0 saturated heterocycles. The Kier molecular flexibility index (Phi) is 6.61. The Labute approximate surface area is 122 Å². The number of nitrogens with one attached hydrogen (secondary N) is 2. The molecule has 0 aromatic heterocycles. The van der Waals surface area contributed by atoms with Gasteiger partial charge in [-0.25, -0.2) is 0 Å². The molecule has 108 valence electrons. The van der Waals surface area contributed by atoms with Gasteiger partial charge >= 0.3 is 11.8 Å². The lowest BCUT2D eigenvalue weighted by atomic mass is 10.1. The summed E-state index contributed by atoms with van der Waals surface area (Å²) in [5.74, 6) is -1.54. The van der Waals surface area contributed by atoms with Crippen LogP contribution < -0.4 is 16.4 Å². The highest BCUT2D eigenvalue weighted by Gasteiger charge is 2.14. The van der Waals surface area contributed by atoms with E-state index in [4.69, 9.17) is 10.5 Å². The van der Waals surface area contributed by atoms with Gasteiger partial charge in [-0.2, -0.15) is 0 Å². The van der Waals surface area contributed by atoms with E-state index in [0.29, 0.717) is 18.7 Å². The molecule has 7 heteroatoms. The first-order valence-corrected chi connectivity index (χ1v) is 6.39. The molecule has 0 unspecified atom stereocenters. The number of benzene rings is 1. The van der Waals surface area contributed by atoms with E-state index in [2.05, 4.69) is 22.9 Å². The lowest BCUT2D eigenvalue weighted by Crippen LogP contribution is -2.39. The molecule has 0 fully saturated rings. The first-order chi connectivity index (χ1) is 9.54. The normalized spacial score (nSPS) is 9.85. The molecular formula is C13H17N3O3S. The number of rotatable bonds is 6. The molecule has 1 aromatic rings. The third-order valence-electron chi connectivity index (χ3n) is 2.47. The Morgan fingerprint density at radius 3 is 2.65 bits per heavy atom. The van der Waals surface area contributed by atoms with Gasteiger partial charge < -0.3 is 21.1 Å². The van der Waals surface area contributed by atoms with Crippen LogP contribution in [0.2, 0.25) is 0 Å². The second kappa shape index (κ2) is 8.23. The number of carbonyl (C=O) groups excluding carboxylic acids is 2. The highest BCUT2D eigenvalue weighted by atomic mass is 32.1. The van der Waals surface area contributed by atoms with Crippen LogP contribution in [-0.4, -0.2) is 37.1 Å². The van der Waals surface area contributed by atoms with Crippen molar-refractivity contribution in [3.05, 3.63) is 29.8 Å². The van der Waals surface area contributed by atoms with Crippen LogP contribution in [0.5, 0.6) is 0 Å². The Morgan fingerprint density at radius 1 is 1.30 bits per heavy atom. The second-order valence-electron chi connectivity index (χ2n) is 4.00. The molecular weight excluding hydrogens is 278 g/mol. The van der Waals surface area contributed by atoms with Crippen molar-refractivity contribution in [1.29, 1.82) is 0 Å². The van der Waals surface area contributed by atoms with Crippen molar-refractivity contribution >= 4 is 34.7 Å². The minimum atomic E-state index is -0.778. The largest absolute Gasteiger partial charge is 0.392 e. The van der Waals surface area contributed by atoms with Gasteiger partial charge in [-0.15, -0.1) is 0 Å². The van der Waals surface area contributed by atoms with E-state index in [-0.39, 0.29) is 11.5 Å². The van der Waals surface area contributed by atoms with Crippen LogP contribution in [0.3, 0.4) is 0 Å². The molecule has 1 rings (SSSR count). The number of methoxy groups -OCH3 is 1. The molecule has 0 aliphatic carbocycles. The zero-order valence-corrected chi connectivity index (χ0v) is 12.0. The van der Waals surface area contributed by atoms with Crippen molar-refractivity contribution in [2.45, 2.75) is 6.42 Å². The summed E-state index contributed by atoms with van der Waals surface area (Å²) in [6, 6.07) is 7.22. The number of hydrogen-bond acceptors (Lipinski definition) is 4. The van der Waals surface area contributed by atoms with E-state index in [9.17, 15) is 9.59 Å². The molecule has 0 radical (unpaired) electrons. The van der Waals surface area contributed by atoms with Gasteiger partial charge in [-0.05, 0) is 18.1 Å². The van der Waals surface area contributed by atoms with Crippen LogP contribution in [0.15, 0.2) is 24.3 Å². The fraction of sp³-hybridized carbons (Fsp3) is 0.308. The molecule has 0 bridgehead atoms. The predicted octanol–water partition coefficient (Wildman–Crippen LogP) is 0.216. The standard InChI is InChI=1S/C13H17N3O3S/c1-19-7-6-9-4-2-3-5-10(9)16-13(18)12(17)15-8-11(14)20/h2-5H,6-8H2,1H3,(H2,14,20)(H,15,17)(H,16,18). The van der Waals surface area contributed by atoms with E-state index in [1.165, 1.54) is 0 Å². The summed E-state index contributed by atoms with van der Waals surface area (Å²) in [6.45, 7) is 0.521. The third-order valence-corrected chi connectivity index (χ3v) is 2.61. The smallest absolute Gasteiger partial charge is 0.313 e. The lowest BCUT2D eigenvalue weighted by molar-refractivity contribution is -0.135. The van der Waals surface area contributed by atoms with Crippen molar-refractivity contribution in [2.24, 2.45) is 5.73 Å². The van der Waals surface area contributed by atoms with Crippen molar-refractivity contribution in [3.63, 3.8) is 0 Å². The number of ether oxygens (including phenoxy) is 1. The molecule has 0 heterocycles. The van der Waals surface area contributed by atoms with E-state index >= 15 is 0 Å². The number of hydrogen-bond donors (Lipinski definition) is 3. The number of para-hydroxylation sites is 1. The maximum absolute atomic E-state index is 11.7. The molecule has 4 N–H and O–H groups in total. The van der Waals surface area contributed by atoms with Gasteiger partial charge in [0.15, 0.2) is 0 Å². The number of carbonyl (C=O) groups is 2. The van der Waals surface area contributed by atoms with E-state index in [1.54, 1.807) is 19.2 Å². The summed E-state index contributed by atoms with van der Waals surface area (Å²) in [4.78, 5) is 23.3. The Bertz CT molecular complexity index is 505. The molecule has 0 atom stereocenters. The highest BCUT2D eigenvalue weighted by molar-refractivity contribution is 7.80.